The Morgan fingerprint density at radius 1 is 1.15 bits per heavy atom. The van der Waals surface area contributed by atoms with Gasteiger partial charge in [0.1, 0.15) is 0 Å². The van der Waals surface area contributed by atoms with Gasteiger partial charge in [0.2, 0.25) is 0 Å². The van der Waals surface area contributed by atoms with Crippen molar-refractivity contribution in [3.63, 3.8) is 0 Å². The predicted octanol–water partition coefficient (Wildman–Crippen LogP) is 3.07. The van der Waals surface area contributed by atoms with E-state index < -0.39 is 12.4 Å². The number of rotatable bonds is 5. The van der Waals surface area contributed by atoms with E-state index in [9.17, 15) is 12.9 Å². The van der Waals surface area contributed by atoms with Crippen LogP contribution in [0.3, 0.4) is 0 Å². The van der Waals surface area contributed by atoms with E-state index in [1.54, 1.807) is 25.3 Å². The Labute approximate surface area is 115 Å². The first kappa shape index (κ1) is 14.4. The van der Waals surface area contributed by atoms with Crippen molar-refractivity contribution in [1.29, 1.82) is 0 Å². The van der Waals surface area contributed by atoms with Gasteiger partial charge in [0.05, 0.1) is 12.4 Å². The van der Waals surface area contributed by atoms with E-state index in [1.165, 1.54) is 6.07 Å². The van der Waals surface area contributed by atoms with Crippen molar-refractivity contribution in [3.05, 3.63) is 53.9 Å². The van der Waals surface area contributed by atoms with Gasteiger partial charge in [0.25, 0.3) is 0 Å². The molecule has 0 bridgehead atoms. The van der Waals surface area contributed by atoms with Crippen molar-refractivity contribution < 1.29 is 17.7 Å². The minimum atomic E-state index is -5.07. The lowest BCUT2D eigenvalue weighted by Gasteiger charge is -2.20. The highest BCUT2D eigenvalue weighted by Crippen LogP contribution is 2.19. The van der Waals surface area contributed by atoms with Crippen LogP contribution in [0.5, 0.6) is 5.75 Å². The number of hydrogen-bond acceptors (Lipinski definition) is 2. The highest BCUT2D eigenvalue weighted by molar-refractivity contribution is 6.74. The smallest absolute Gasteiger partial charge is 0.496 e. The maximum absolute atomic E-state index is 12.9. The maximum atomic E-state index is 12.9. The number of halogens is 3. The van der Waals surface area contributed by atoms with Gasteiger partial charge in [-0.25, -0.2) is 0 Å². The second kappa shape index (κ2) is 5.99. The van der Waals surface area contributed by atoms with E-state index in [2.05, 4.69) is 4.98 Å². The van der Waals surface area contributed by atoms with Gasteiger partial charge in [0.15, 0.2) is 0 Å². The molecule has 1 aromatic carbocycles. The fourth-order valence-corrected chi connectivity index (χ4v) is 1.87. The van der Waals surface area contributed by atoms with Crippen LogP contribution in [-0.4, -0.2) is 18.6 Å². The van der Waals surface area contributed by atoms with Gasteiger partial charge in [-0.15, -0.1) is 0 Å². The van der Waals surface area contributed by atoms with Gasteiger partial charge in [-0.05, 0) is 25.1 Å². The molecule has 1 aromatic heterocycles. The monoisotopic (exact) mass is 280 g/mol. The lowest BCUT2D eigenvalue weighted by molar-refractivity contribution is 0.321. The molecular formula is C14H14BF3NO-. The summed E-state index contributed by atoms with van der Waals surface area (Å²) in [6.45, 7) is -3.28. The Morgan fingerprint density at radius 3 is 2.60 bits per heavy atom. The molecule has 2 nitrogen and oxygen atoms in total. The molecule has 0 amide bonds. The van der Waals surface area contributed by atoms with Crippen molar-refractivity contribution in [2.75, 3.05) is 6.61 Å². The Hall–Kier alpha value is -1.98. The topological polar surface area (TPSA) is 22.1 Å². The molecular weight excluding hydrogens is 266 g/mol. The van der Waals surface area contributed by atoms with Crippen LogP contribution in [0.1, 0.15) is 11.3 Å². The number of hydrogen-bond donors (Lipinski definition) is 0. The van der Waals surface area contributed by atoms with E-state index in [4.69, 9.17) is 4.74 Å². The second-order valence-corrected chi connectivity index (χ2v) is 4.54. The molecule has 0 spiro atoms. The molecule has 1 heterocycles. The summed E-state index contributed by atoms with van der Waals surface area (Å²) < 4.78 is 44.1. The molecule has 0 saturated carbocycles. The summed E-state index contributed by atoms with van der Waals surface area (Å²) >= 11 is 0. The Kier molecular flexibility index (Phi) is 4.32. The van der Waals surface area contributed by atoms with E-state index in [-0.39, 0.29) is 12.4 Å². The molecule has 0 N–H and O–H groups in total. The van der Waals surface area contributed by atoms with E-state index in [0.29, 0.717) is 12.0 Å². The Morgan fingerprint density at radius 2 is 1.95 bits per heavy atom. The summed E-state index contributed by atoms with van der Waals surface area (Å²) in [6.07, 6.45) is 2.12. The normalized spacial score (nSPS) is 11.4. The summed E-state index contributed by atoms with van der Waals surface area (Å²) in [5.41, 5.74) is 0.681. The van der Waals surface area contributed by atoms with E-state index in [1.807, 2.05) is 12.1 Å². The first-order chi connectivity index (χ1) is 9.47. The first-order valence-corrected chi connectivity index (χ1v) is 6.30. The maximum Gasteiger partial charge on any atom is 0.513 e. The van der Waals surface area contributed by atoms with Gasteiger partial charge in [-0.3, -0.25) is 4.98 Å². The standard InChI is InChI=1S/C14H14BF3NO/c1-11-5-6-14(13(10-11)15(16,17)18)20-9-7-12-4-2-3-8-19-12/h2-6,8,10H,7,9H2,1H3/q-1. The summed E-state index contributed by atoms with van der Waals surface area (Å²) in [7, 11) is 0. The SMILES string of the molecule is Cc1ccc(OCCc2ccccn2)c([B-](F)(F)F)c1. The zero-order valence-electron chi connectivity index (χ0n) is 11.0. The third kappa shape index (κ3) is 3.76. The average molecular weight is 280 g/mol. The number of pyridine rings is 1. The summed E-state index contributed by atoms with van der Waals surface area (Å²) in [4.78, 5) is 4.10. The predicted molar refractivity (Wildman–Crippen MR) is 73.3 cm³/mol. The number of ether oxygens (including phenoxy) is 1. The van der Waals surface area contributed by atoms with Crippen LogP contribution in [0.25, 0.3) is 0 Å². The number of aromatic nitrogens is 1. The molecule has 0 aliphatic carbocycles. The molecule has 0 saturated heterocycles. The van der Waals surface area contributed by atoms with Gasteiger partial charge >= 0.3 is 6.98 Å². The van der Waals surface area contributed by atoms with Crippen molar-refractivity contribution >= 4 is 12.4 Å². The largest absolute Gasteiger partial charge is 0.513 e. The molecule has 0 atom stereocenters. The Bertz CT molecular complexity index is 572. The zero-order chi connectivity index (χ0) is 14.6. The highest BCUT2D eigenvalue weighted by Gasteiger charge is 2.29. The summed E-state index contributed by atoms with van der Waals surface area (Å²) in [6, 6.07) is 9.54. The molecule has 6 heteroatoms. The highest BCUT2D eigenvalue weighted by atomic mass is 19.4. The van der Waals surface area contributed by atoms with E-state index in [0.717, 1.165) is 11.8 Å². The second-order valence-electron chi connectivity index (χ2n) is 4.54. The fraction of sp³-hybridized carbons (Fsp3) is 0.214. The van der Waals surface area contributed by atoms with Crippen molar-refractivity contribution in [1.82, 2.24) is 4.98 Å². The van der Waals surface area contributed by atoms with Crippen molar-refractivity contribution in [3.8, 4) is 5.75 Å². The third-order valence-electron chi connectivity index (χ3n) is 2.86. The molecule has 0 aliphatic rings. The van der Waals surface area contributed by atoms with Crippen LogP contribution < -0.4 is 10.2 Å². The molecule has 0 unspecified atom stereocenters. The molecule has 0 fully saturated rings. The summed E-state index contributed by atoms with van der Waals surface area (Å²) in [5.74, 6) is -0.112. The number of nitrogens with zero attached hydrogens (tertiary/aromatic N) is 1. The van der Waals surface area contributed by atoms with Crippen molar-refractivity contribution in [2.24, 2.45) is 0 Å². The lowest BCUT2D eigenvalue weighted by Crippen LogP contribution is -2.35. The lowest BCUT2D eigenvalue weighted by atomic mass is 9.78. The van der Waals surface area contributed by atoms with Gasteiger partial charge in [0, 0.05) is 18.3 Å². The van der Waals surface area contributed by atoms with Gasteiger partial charge < -0.3 is 17.7 Å². The van der Waals surface area contributed by atoms with E-state index >= 15 is 0 Å². The number of aryl methyl sites for hydroxylation is 1. The minimum Gasteiger partial charge on any atom is -0.496 e. The zero-order valence-corrected chi connectivity index (χ0v) is 11.0. The molecule has 0 radical (unpaired) electrons. The summed E-state index contributed by atoms with van der Waals surface area (Å²) in [5, 5.41) is 0. The quantitative estimate of drug-likeness (QED) is 0.785. The fourth-order valence-electron chi connectivity index (χ4n) is 1.87. The first-order valence-electron chi connectivity index (χ1n) is 6.30. The van der Waals surface area contributed by atoms with Crippen LogP contribution in [0.4, 0.5) is 12.9 Å². The van der Waals surface area contributed by atoms with Crippen molar-refractivity contribution in [2.45, 2.75) is 13.3 Å². The Balaban J connectivity index is 2.06. The van der Waals surface area contributed by atoms with Gasteiger partial charge in [-0.1, -0.05) is 29.2 Å². The molecule has 2 aromatic rings. The molecule has 106 valence electrons. The molecule has 0 aliphatic heterocycles. The van der Waals surface area contributed by atoms with Crippen LogP contribution in [0.15, 0.2) is 42.6 Å². The third-order valence-corrected chi connectivity index (χ3v) is 2.86. The number of benzene rings is 1. The van der Waals surface area contributed by atoms with Crippen LogP contribution in [0.2, 0.25) is 0 Å². The average Bonchev–Trinajstić information content (AvgIpc) is 2.40. The molecule has 2 rings (SSSR count). The van der Waals surface area contributed by atoms with Crippen LogP contribution >= 0.6 is 0 Å². The van der Waals surface area contributed by atoms with Crippen LogP contribution in [0, 0.1) is 6.92 Å². The van der Waals surface area contributed by atoms with Crippen LogP contribution in [-0.2, 0) is 6.42 Å². The van der Waals surface area contributed by atoms with Gasteiger partial charge in [-0.2, -0.15) is 0 Å². The molecule has 20 heavy (non-hydrogen) atoms. The minimum absolute atomic E-state index is 0.112.